The highest BCUT2D eigenvalue weighted by atomic mass is 16.2. The third kappa shape index (κ3) is 3.25. The van der Waals surface area contributed by atoms with Gasteiger partial charge in [-0.05, 0) is 31.5 Å². The lowest BCUT2D eigenvalue weighted by molar-refractivity contribution is -0.351. The molecule has 9 heteroatoms. The molecule has 4 heterocycles. The number of aromatic nitrogens is 7. The van der Waals surface area contributed by atoms with Gasteiger partial charge in [-0.15, -0.1) is 9.50 Å². The van der Waals surface area contributed by atoms with Gasteiger partial charge in [-0.3, -0.25) is 10.7 Å². The SMILES string of the molecule is Cc1cc(-c2c(-c3ccccc3)[nH+]c(N)n3c(=O)n(Cc4cnc[nH]4)nc23)cc(C)n1. The maximum atomic E-state index is 13.2. The Morgan fingerprint density at radius 1 is 1.10 bits per heavy atom. The number of hydrogen-bond donors (Lipinski definition) is 2. The van der Waals surface area contributed by atoms with Crippen LogP contribution in [0, 0.1) is 13.8 Å². The molecular formula is C22H21N8O+. The van der Waals surface area contributed by atoms with Crippen molar-refractivity contribution in [3.8, 4) is 22.4 Å². The minimum atomic E-state index is -0.332. The molecule has 0 radical (unpaired) electrons. The van der Waals surface area contributed by atoms with E-state index in [9.17, 15) is 4.79 Å². The van der Waals surface area contributed by atoms with Gasteiger partial charge in [-0.1, -0.05) is 30.3 Å². The standard InChI is InChI=1S/C22H20N8O/c1-13-8-16(9-14(2)26-13)18-19(15-6-4-3-5-7-15)27-21(23)30-20(18)28-29(22(30)31)11-17-10-24-12-25-17/h3-10,12H,11H2,1-2H3,(H2,23,27)(H,24,25)/p+1. The lowest BCUT2D eigenvalue weighted by Crippen LogP contribution is -2.28. The van der Waals surface area contributed by atoms with E-state index in [1.165, 1.54) is 9.08 Å². The van der Waals surface area contributed by atoms with E-state index in [2.05, 4.69) is 25.0 Å². The maximum absolute atomic E-state index is 13.2. The highest BCUT2D eigenvalue weighted by Gasteiger charge is 2.26. The fourth-order valence-electron chi connectivity index (χ4n) is 3.85. The second-order valence-electron chi connectivity index (χ2n) is 7.44. The van der Waals surface area contributed by atoms with Crippen molar-refractivity contribution in [2.24, 2.45) is 0 Å². The quantitative estimate of drug-likeness (QED) is 0.467. The minimum Gasteiger partial charge on any atom is -0.347 e. The lowest BCUT2D eigenvalue weighted by Gasteiger charge is -2.10. The third-order valence-corrected chi connectivity index (χ3v) is 5.11. The molecule has 5 rings (SSSR count). The van der Waals surface area contributed by atoms with Gasteiger partial charge >= 0.3 is 11.6 Å². The number of aryl methyl sites for hydroxylation is 2. The lowest BCUT2D eigenvalue weighted by atomic mass is 9.99. The zero-order chi connectivity index (χ0) is 21.5. The van der Waals surface area contributed by atoms with Gasteiger partial charge in [-0.25, -0.2) is 14.8 Å². The molecule has 0 aliphatic rings. The number of fused-ring (bicyclic) bond motifs is 1. The van der Waals surface area contributed by atoms with Crippen LogP contribution in [0.1, 0.15) is 17.1 Å². The van der Waals surface area contributed by atoms with Gasteiger partial charge in [0.1, 0.15) is 5.69 Å². The summed E-state index contributed by atoms with van der Waals surface area (Å²) in [5, 5.41) is 4.67. The summed E-state index contributed by atoms with van der Waals surface area (Å²) in [6, 6.07) is 13.8. The topological polar surface area (TPSA) is 121 Å². The average Bonchev–Trinajstić information content (AvgIpc) is 3.36. The molecule has 0 fully saturated rings. The van der Waals surface area contributed by atoms with E-state index < -0.39 is 0 Å². The van der Waals surface area contributed by atoms with Crippen LogP contribution in [0.2, 0.25) is 0 Å². The highest BCUT2D eigenvalue weighted by molar-refractivity contribution is 5.88. The fourth-order valence-corrected chi connectivity index (χ4v) is 3.85. The zero-order valence-electron chi connectivity index (χ0n) is 17.1. The molecule has 0 aliphatic carbocycles. The molecular weight excluding hydrogens is 392 g/mol. The van der Waals surface area contributed by atoms with Crippen molar-refractivity contribution < 1.29 is 4.98 Å². The summed E-state index contributed by atoms with van der Waals surface area (Å²) in [5.41, 5.74) is 12.4. The Morgan fingerprint density at radius 3 is 2.52 bits per heavy atom. The van der Waals surface area contributed by atoms with Crippen LogP contribution in [0.3, 0.4) is 0 Å². The number of rotatable bonds is 4. The van der Waals surface area contributed by atoms with Gasteiger partial charge in [0.2, 0.25) is 5.65 Å². The van der Waals surface area contributed by atoms with E-state index in [1.54, 1.807) is 12.5 Å². The number of nitrogens with two attached hydrogens (primary N) is 1. The number of nitrogens with one attached hydrogen (secondary N) is 2. The Morgan fingerprint density at radius 2 is 1.84 bits per heavy atom. The van der Waals surface area contributed by atoms with Crippen LogP contribution in [-0.2, 0) is 6.54 Å². The molecule has 0 saturated heterocycles. The Bertz CT molecular complexity index is 1430. The Kier molecular flexibility index (Phi) is 4.36. The summed E-state index contributed by atoms with van der Waals surface area (Å²) in [5.74, 6) is 0.209. The van der Waals surface area contributed by atoms with Crippen LogP contribution in [-0.4, -0.2) is 29.1 Å². The van der Waals surface area contributed by atoms with Crippen molar-refractivity contribution in [1.82, 2.24) is 29.1 Å². The van der Waals surface area contributed by atoms with Crippen molar-refractivity contribution in [3.05, 3.63) is 82.6 Å². The van der Waals surface area contributed by atoms with Crippen molar-refractivity contribution in [2.45, 2.75) is 20.4 Å². The molecule has 5 aromatic rings. The van der Waals surface area contributed by atoms with E-state index in [-0.39, 0.29) is 18.2 Å². The molecule has 1 aromatic carbocycles. The van der Waals surface area contributed by atoms with Crippen molar-refractivity contribution in [1.29, 1.82) is 0 Å². The van der Waals surface area contributed by atoms with Crippen molar-refractivity contribution >= 4 is 11.6 Å². The Labute approximate surface area is 177 Å². The zero-order valence-corrected chi connectivity index (χ0v) is 17.1. The van der Waals surface area contributed by atoms with Crippen LogP contribution < -0.4 is 16.4 Å². The predicted octanol–water partition coefficient (Wildman–Crippen LogP) is 2.01. The molecule has 9 nitrogen and oxygen atoms in total. The fraction of sp³-hybridized carbons (Fsp3) is 0.136. The molecule has 0 saturated carbocycles. The van der Waals surface area contributed by atoms with Gasteiger partial charge in [0.15, 0.2) is 0 Å². The van der Waals surface area contributed by atoms with Gasteiger partial charge in [-0.2, -0.15) is 4.68 Å². The smallest absolute Gasteiger partial charge is 0.347 e. The summed E-state index contributed by atoms with van der Waals surface area (Å²) >= 11 is 0. The first kappa shape index (κ1) is 18.7. The molecule has 0 aliphatic heterocycles. The molecule has 4 N–H and O–H groups in total. The van der Waals surface area contributed by atoms with Crippen LogP contribution in [0.15, 0.2) is 59.8 Å². The summed E-state index contributed by atoms with van der Waals surface area (Å²) in [7, 11) is 0. The number of anilines is 1. The summed E-state index contributed by atoms with van der Waals surface area (Å²) in [6.45, 7) is 4.15. The molecule has 0 bridgehead atoms. The number of hydrogen-bond acceptors (Lipinski definition) is 5. The molecule has 31 heavy (non-hydrogen) atoms. The number of benzene rings is 1. The summed E-state index contributed by atoms with van der Waals surface area (Å²) in [6.07, 6.45) is 3.23. The van der Waals surface area contributed by atoms with E-state index >= 15 is 0 Å². The Balaban J connectivity index is 1.85. The molecule has 0 spiro atoms. The molecule has 0 unspecified atom stereocenters. The second kappa shape index (κ2) is 7.21. The summed E-state index contributed by atoms with van der Waals surface area (Å²) in [4.78, 5) is 27.9. The van der Waals surface area contributed by atoms with Gasteiger partial charge < -0.3 is 4.98 Å². The first-order chi connectivity index (χ1) is 15.0. The summed E-state index contributed by atoms with van der Waals surface area (Å²) < 4.78 is 2.79. The molecule has 0 atom stereocenters. The number of pyridine rings is 1. The molecule has 0 amide bonds. The predicted molar refractivity (Wildman–Crippen MR) is 116 cm³/mol. The highest BCUT2D eigenvalue weighted by Crippen LogP contribution is 2.32. The first-order valence-corrected chi connectivity index (χ1v) is 9.84. The van der Waals surface area contributed by atoms with Gasteiger partial charge in [0, 0.05) is 23.1 Å². The largest absolute Gasteiger partial charge is 0.411 e. The van der Waals surface area contributed by atoms with Crippen LogP contribution >= 0.6 is 0 Å². The van der Waals surface area contributed by atoms with E-state index in [0.717, 1.165) is 39.5 Å². The third-order valence-electron chi connectivity index (χ3n) is 5.11. The number of nitrogen functional groups attached to an aromatic ring is 1. The number of imidazole rings is 1. The van der Waals surface area contributed by atoms with Gasteiger partial charge in [0.05, 0.1) is 24.1 Å². The number of H-pyrrole nitrogens is 2. The average molecular weight is 413 g/mol. The van der Waals surface area contributed by atoms with E-state index in [0.29, 0.717) is 5.65 Å². The monoisotopic (exact) mass is 413 g/mol. The molecule has 154 valence electrons. The number of nitrogens with zero attached hydrogens (tertiary/aromatic N) is 5. The number of aromatic amines is 2. The van der Waals surface area contributed by atoms with E-state index in [4.69, 9.17) is 5.73 Å². The minimum absolute atomic E-state index is 0.209. The normalized spacial score (nSPS) is 11.3. The van der Waals surface area contributed by atoms with Crippen molar-refractivity contribution in [2.75, 3.05) is 5.73 Å². The molecule has 4 aromatic heterocycles. The van der Waals surface area contributed by atoms with Crippen molar-refractivity contribution in [3.63, 3.8) is 0 Å². The van der Waals surface area contributed by atoms with Crippen LogP contribution in [0.5, 0.6) is 0 Å². The maximum Gasteiger partial charge on any atom is 0.411 e. The van der Waals surface area contributed by atoms with Crippen LogP contribution in [0.25, 0.3) is 28.0 Å². The second-order valence-corrected chi connectivity index (χ2v) is 7.44. The van der Waals surface area contributed by atoms with Gasteiger partial charge in [0.25, 0.3) is 0 Å². The van der Waals surface area contributed by atoms with Crippen LogP contribution in [0.4, 0.5) is 5.95 Å². The Hall–Kier alpha value is -4.27. The first-order valence-electron chi connectivity index (χ1n) is 9.84. The van der Waals surface area contributed by atoms with E-state index in [1.807, 2.05) is 56.3 Å².